The number of halogens is 2. The van der Waals surface area contributed by atoms with Crippen LogP contribution in [0, 0.1) is 11.6 Å². The van der Waals surface area contributed by atoms with E-state index < -0.39 is 23.3 Å². The van der Waals surface area contributed by atoms with Crippen LogP contribution in [0.4, 0.5) is 14.5 Å². The van der Waals surface area contributed by atoms with Gasteiger partial charge in [-0.3, -0.25) is 9.59 Å². The molecular weight excluding hydrogens is 276 g/mol. The monoisotopic (exact) mass is 285 g/mol. The van der Waals surface area contributed by atoms with E-state index in [0.717, 1.165) is 18.2 Å². The second-order valence-electron chi connectivity index (χ2n) is 4.57. The summed E-state index contributed by atoms with van der Waals surface area (Å²) in [5.74, 6) is -1.86. The number of benzene rings is 2. The van der Waals surface area contributed by atoms with Crippen molar-refractivity contribution >= 4 is 23.0 Å². The average molecular weight is 285 g/mol. The maximum atomic E-state index is 13.3. The quantitative estimate of drug-likeness (QED) is 0.680. The van der Waals surface area contributed by atoms with Crippen LogP contribution in [-0.4, -0.2) is 11.7 Å². The lowest BCUT2D eigenvalue weighted by atomic mass is 10.0. The summed E-state index contributed by atoms with van der Waals surface area (Å²) in [6, 6.07) is 8.83. The predicted octanol–water partition coefficient (Wildman–Crippen LogP) is 3.18. The molecule has 0 radical (unpaired) electrons. The topological polar surface area (TPSA) is 46.2 Å². The van der Waals surface area contributed by atoms with E-state index >= 15 is 0 Å². The smallest absolute Gasteiger partial charge is 0.256 e. The van der Waals surface area contributed by atoms with Crippen LogP contribution in [0.3, 0.4) is 0 Å². The summed E-state index contributed by atoms with van der Waals surface area (Å²) >= 11 is 0. The van der Waals surface area contributed by atoms with E-state index in [1.165, 1.54) is 30.3 Å². The third-order valence-electron chi connectivity index (χ3n) is 3.17. The second kappa shape index (κ2) is 4.94. The highest BCUT2D eigenvalue weighted by Crippen LogP contribution is 2.32. The number of rotatable bonds is 2. The Morgan fingerprint density at radius 2 is 1.67 bits per heavy atom. The molecule has 2 aromatic rings. The van der Waals surface area contributed by atoms with Crippen molar-refractivity contribution in [1.82, 2.24) is 0 Å². The van der Waals surface area contributed by atoms with Crippen LogP contribution >= 0.6 is 0 Å². The van der Waals surface area contributed by atoms with Crippen molar-refractivity contribution < 1.29 is 18.4 Å². The van der Waals surface area contributed by atoms with Gasteiger partial charge in [0.25, 0.3) is 5.91 Å². The fourth-order valence-corrected chi connectivity index (χ4v) is 2.13. The Kier molecular flexibility index (Phi) is 3.10. The number of anilines is 1. The first-order valence-corrected chi connectivity index (χ1v) is 6.17. The highest BCUT2D eigenvalue weighted by atomic mass is 19.1. The number of fused-ring (bicyclic) bond motifs is 1. The molecule has 0 bridgehead atoms. The second-order valence-corrected chi connectivity index (χ2v) is 4.57. The maximum Gasteiger partial charge on any atom is 0.256 e. The van der Waals surface area contributed by atoms with E-state index in [-0.39, 0.29) is 11.1 Å². The van der Waals surface area contributed by atoms with E-state index in [0.29, 0.717) is 11.3 Å². The normalized spacial score (nSPS) is 15.0. The highest BCUT2D eigenvalue weighted by molar-refractivity contribution is 6.35. The number of allylic oxidation sites excluding steroid dienone is 1. The van der Waals surface area contributed by atoms with Crippen LogP contribution < -0.4 is 5.32 Å². The minimum absolute atomic E-state index is 0.0961. The van der Waals surface area contributed by atoms with Gasteiger partial charge in [0, 0.05) is 16.8 Å². The molecule has 1 aliphatic heterocycles. The fraction of sp³-hybridized carbons (Fsp3) is 0. The van der Waals surface area contributed by atoms with Crippen LogP contribution in [0.1, 0.15) is 15.9 Å². The first-order chi connectivity index (χ1) is 10.0. The number of hydrogen-bond donors (Lipinski definition) is 1. The Morgan fingerprint density at radius 1 is 1.00 bits per heavy atom. The zero-order chi connectivity index (χ0) is 15.0. The Hall–Kier alpha value is -2.82. The molecule has 0 atom stereocenters. The lowest BCUT2D eigenvalue weighted by Gasteiger charge is -1.99. The van der Waals surface area contributed by atoms with E-state index in [9.17, 15) is 18.4 Å². The summed E-state index contributed by atoms with van der Waals surface area (Å²) in [6.07, 6.45) is 1.13. The molecule has 2 aromatic carbocycles. The number of amides is 1. The van der Waals surface area contributed by atoms with Gasteiger partial charge in [-0.25, -0.2) is 8.78 Å². The summed E-state index contributed by atoms with van der Waals surface area (Å²) in [4.78, 5) is 23.9. The summed E-state index contributed by atoms with van der Waals surface area (Å²) < 4.78 is 26.1. The third kappa shape index (κ3) is 2.45. The maximum absolute atomic E-state index is 13.3. The van der Waals surface area contributed by atoms with E-state index in [1.54, 1.807) is 0 Å². The number of carbonyl (C=O) groups excluding carboxylic acids is 2. The fourth-order valence-electron chi connectivity index (χ4n) is 2.13. The van der Waals surface area contributed by atoms with Crippen molar-refractivity contribution in [2.45, 2.75) is 0 Å². The van der Waals surface area contributed by atoms with Crippen LogP contribution in [0.2, 0.25) is 0 Å². The molecule has 1 N–H and O–H groups in total. The van der Waals surface area contributed by atoms with Crippen LogP contribution in [0.25, 0.3) is 5.57 Å². The minimum Gasteiger partial charge on any atom is -0.321 e. The summed E-state index contributed by atoms with van der Waals surface area (Å²) in [5.41, 5.74) is 1.15. The number of hydrogen-bond acceptors (Lipinski definition) is 2. The largest absolute Gasteiger partial charge is 0.321 e. The Balaban J connectivity index is 2.00. The van der Waals surface area contributed by atoms with Gasteiger partial charge in [-0.2, -0.15) is 0 Å². The molecule has 0 unspecified atom stereocenters. The average Bonchev–Trinajstić information content (AvgIpc) is 2.76. The van der Waals surface area contributed by atoms with Gasteiger partial charge in [0.2, 0.25) is 0 Å². The van der Waals surface area contributed by atoms with E-state index in [1.807, 2.05) is 0 Å². The van der Waals surface area contributed by atoms with Crippen molar-refractivity contribution in [3.05, 3.63) is 71.3 Å². The molecule has 21 heavy (non-hydrogen) atoms. The van der Waals surface area contributed by atoms with Gasteiger partial charge in [-0.1, -0.05) is 0 Å². The predicted molar refractivity (Wildman–Crippen MR) is 73.7 cm³/mol. The Labute approximate surface area is 118 Å². The lowest BCUT2D eigenvalue weighted by Crippen LogP contribution is -2.06. The summed E-state index contributed by atoms with van der Waals surface area (Å²) in [5, 5.41) is 2.55. The molecule has 0 fully saturated rings. The molecule has 1 aliphatic rings. The standard InChI is InChI=1S/C16H9F2NO2/c17-10-3-1-9(2-4-10)15(20)8-13-12-7-11(18)5-6-14(12)19-16(13)21/h1-8H,(H,19,21). The van der Waals surface area contributed by atoms with Crippen LogP contribution in [0.15, 0.2) is 48.5 Å². The number of carbonyl (C=O) groups is 2. The molecular formula is C16H9F2NO2. The van der Waals surface area contributed by atoms with Gasteiger partial charge in [-0.05, 0) is 48.5 Å². The first kappa shape index (κ1) is 13.2. The number of ketones is 1. The van der Waals surface area contributed by atoms with E-state index in [4.69, 9.17) is 0 Å². The molecule has 3 rings (SSSR count). The molecule has 0 aliphatic carbocycles. The molecule has 5 heteroatoms. The van der Waals surface area contributed by atoms with Gasteiger partial charge in [-0.15, -0.1) is 0 Å². The Morgan fingerprint density at radius 3 is 2.38 bits per heavy atom. The molecule has 0 saturated heterocycles. The van der Waals surface area contributed by atoms with Crippen molar-refractivity contribution in [2.75, 3.05) is 5.32 Å². The van der Waals surface area contributed by atoms with Crippen molar-refractivity contribution in [1.29, 1.82) is 0 Å². The SMILES string of the molecule is O=C1Nc2ccc(F)cc2C1=CC(=O)c1ccc(F)cc1. The van der Waals surface area contributed by atoms with Crippen LogP contribution in [0.5, 0.6) is 0 Å². The summed E-state index contributed by atoms with van der Waals surface area (Å²) in [6.45, 7) is 0. The van der Waals surface area contributed by atoms with Crippen LogP contribution in [-0.2, 0) is 4.79 Å². The van der Waals surface area contributed by atoms with Gasteiger partial charge in [0.1, 0.15) is 11.6 Å². The molecule has 1 amide bonds. The first-order valence-electron chi connectivity index (χ1n) is 6.17. The molecule has 0 spiro atoms. The molecule has 1 heterocycles. The van der Waals surface area contributed by atoms with Gasteiger partial charge in [0.05, 0.1) is 5.57 Å². The summed E-state index contributed by atoms with van der Waals surface area (Å²) in [7, 11) is 0. The Bertz CT molecular complexity index is 779. The molecule has 0 aromatic heterocycles. The molecule has 3 nitrogen and oxygen atoms in total. The van der Waals surface area contributed by atoms with E-state index in [2.05, 4.69) is 5.32 Å². The zero-order valence-electron chi connectivity index (χ0n) is 10.7. The van der Waals surface area contributed by atoms with Crippen molar-refractivity contribution in [3.8, 4) is 0 Å². The number of nitrogens with one attached hydrogen (secondary N) is 1. The van der Waals surface area contributed by atoms with Crippen molar-refractivity contribution in [2.24, 2.45) is 0 Å². The van der Waals surface area contributed by atoms with Crippen molar-refractivity contribution in [3.63, 3.8) is 0 Å². The third-order valence-corrected chi connectivity index (χ3v) is 3.17. The zero-order valence-corrected chi connectivity index (χ0v) is 10.7. The molecule has 104 valence electrons. The minimum atomic E-state index is -0.495. The molecule has 0 saturated carbocycles. The van der Waals surface area contributed by atoms with Gasteiger partial charge in [0.15, 0.2) is 5.78 Å². The highest BCUT2D eigenvalue weighted by Gasteiger charge is 2.25. The van der Waals surface area contributed by atoms with Gasteiger partial charge < -0.3 is 5.32 Å². The lowest BCUT2D eigenvalue weighted by molar-refractivity contribution is -0.110. The van der Waals surface area contributed by atoms with Gasteiger partial charge >= 0.3 is 0 Å².